The molecule has 0 N–H and O–H groups in total. The van der Waals surface area contributed by atoms with Gasteiger partial charge in [0.05, 0.1) is 28.7 Å². The summed E-state index contributed by atoms with van der Waals surface area (Å²) in [5.41, 5.74) is 1.24. The molecule has 3 aliphatic heterocycles. The number of carbonyl (C=O) groups excluding carboxylic acids is 2. The second-order valence-corrected chi connectivity index (χ2v) is 11.9. The average molecular weight is 649 g/mol. The molecule has 2 amide bonds. The zero-order valence-corrected chi connectivity index (χ0v) is 25.8. The first kappa shape index (κ1) is 31.5. The van der Waals surface area contributed by atoms with Gasteiger partial charge in [-0.1, -0.05) is 59.6 Å². The number of morpholine rings is 1. The molecular formula is C32H33Cl3FN3O4. The normalized spacial score (nSPS) is 22.3. The van der Waals surface area contributed by atoms with Crippen LogP contribution < -0.4 is 4.90 Å². The number of likely N-dealkylation sites (tertiary alicyclic amines) is 1. The van der Waals surface area contributed by atoms with Gasteiger partial charge < -0.3 is 19.3 Å². The Balaban J connectivity index is 0.00000368. The Morgan fingerprint density at radius 1 is 0.860 bits per heavy atom. The van der Waals surface area contributed by atoms with Crippen LogP contribution in [0, 0.1) is 5.82 Å². The molecule has 6 rings (SSSR count). The lowest BCUT2D eigenvalue weighted by Gasteiger charge is -2.48. The number of benzene rings is 3. The summed E-state index contributed by atoms with van der Waals surface area (Å²) in [6.07, 6.45) is 1.65. The zero-order valence-electron chi connectivity index (χ0n) is 23.5. The number of hydrogen-bond acceptors (Lipinski definition) is 5. The number of nitrogens with zero attached hydrogens (tertiary/aromatic N) is 3. The van der Waals surface area contributed by atoms with E-state index >= 15 is 0 Å². The molecule has 43 heavy (non-hydrogen) atoms. The van der Waals surface area contributed by atoms with Crippen molar-refractivity contribution < 1.29 is 23.5 Å². The quantitative estimate of drug-likeness (QED) is 0.287. The SMILES string of the molecule is Cl.O=C1COC(CCN2CCC(c3ccc(F)cc3)(N3CCOC3=O)CC2)(c2ccc(Cl)c(Cl)c2)CN1c1ccccc1. The molecule has 7 nitrogen and oxygen atoms in total. The van der Waals surface area contributed by atoms with Gasteiger partial charge in [0.25, 0.3) is 5.91 Å². The zero-order chi connectivity index (χ0) is 29.3. The van der Waals surface area contributed by atoms with Crippen molar-refractivity contribution in [3.05, 3.63) is 99.8 Å². The van der Waals surface area contributed by atoms with Gasteiger partial charge in [-0.2, -0.15) is 0 Å². The van der Waals surface area contributed by atoms with E-state index in [4.69, 9.17) is 32.7 Å². The van der Waals surface area contributed by atoms with Crippen LogP contribution in [0.4, 0.5) is 14.9 Å². The number of rotatable bonds is 7. The van der Waals surface area contributed by atoms with Crippen LogP contribution >= 0.6 is 35.6 Å². The van der Waals surface area contributed by atoms with Gasteiger partial charge in [-0.05, 0) is 66.8 Å². The lowest BCUT2D eigenvalue weighted by molar-refractivity contribution is -0.141. The third kappa shape index (κ3) is 6.22. The first-order chi connectivity index (χ1) is 20.3. The van der Waals surface area contributed by atoms with E-state index in [0.717, 1.165) is 29.9 Å². The van der Waals surface area contributed by atoms with Crippen molar-refractivity contribution in [3.8, 4) is 0 Å². The molecule has 3 heterocycles. The van der Waals surface area contributed by atoms with Crippen LogP contribution in [0.15, 0.2) is 72.8 Å². The summed E-state index contributed by atoms with van der Waals surface area (Å²) in [6.45, 7) is 3.28. The number of para-hydroxylation sites is 1. The van der Waals surface area contributed by atoms with Gasteiger partial charge in [0.15, 0.2) is 0 Å². The molecule has 0 bridgehead atoms. The molecule has 11 heteroatoms. The summed E-state index contributed by atoms with van der Waals surface area (Å²) >= 11 is 12.7. The third-order valence-corrected chi connectivity index (χ3v) is 9.61. The van der Waals surface area contributed by atoms with Gasteiger partial charge >= 0.3 is 6.09 Å². The van der Waals surface area contributed by atoms with E-state index in [1.54, 1.807) is 23.1 Å². The molecule has 3 saturated heterocycles. The molecule has 1 unspecified atom stereocenters. The minimum atomic E-state index is -0.803. The Kier molecular flexibility index (Phi) is 9.54. The van der Waals surface area contributed by atoms with Gasteiger partial charge in [0.2, 0.25) is 0 Å². The van der Waals surface area contributed by atoms with E-state index in [-0.39, 0.29) is 36.8 Å². The summed E-state index contributed by atoms with van der Waals surface area (Å²) in [4.78, 5) is 31.6. The van der Waals surface area contributed by atoms with E-state index < -0.39 is 11.1 Å². The number of anilines is 1. The summed E-state index contributed by atoms with van der Waals surface area (Å²) in [5, 5.41) is 0.885. The van der Waals surface area contributed by atoms with Gasteiger partial charge in [0.1, 0.15) is 24.6 Å². The molecule has 0 saturated carbocycles. The summed E-state index contributed by atoms with van der Waals surface area (Å²) in [6, 6.07) is 21.6. The van der Waals surface area contributed by atoms with Gasteiger partial charge in [-0.3, -0.25) is 9.69 Å². The van der Waals surface area contributed by atoms with E-state index in [9.17, 15) is 14.0 Å². The highest BCUT2D eigenvalue weighted by Crippen LogP contribution is 2.42. The maximum absolute atomic E-state index is 13.8. The fourth-order valence-electron chi connectivity index (χ4n) is 6.50. The molecule has 1 atom stereocenters. The topological polar surface area (TPSA) is 62.3 Å². The number of hydrogen-bond donors (Lipinski definition) is 0. The van der Waals surface area contributed by atoms with Crippen molar-refractivity contribution in [1.29, 1.82) is 0 Å². The molecule has 3 aliphatic rings. The summed E-state index contributed by atoms with van der Waals surface area (Å²) in [7, 11) is 0. The van der Waals surface area contributed by atoms with E-state index in [1.807, 2.05) is 47.4 Å². The number of amides is 2. The molecule has 0 aromatic heterocycles. The lowest BCUT2D eigenvalue weighted by atomic mass is 9.79. The molecule has 228 valence electrons. The largest absolute Gasteiger partial charge is 0.448 e. The van der Waals surface area contributed by atoms with Gasteiger partial charge in [0, 0.05) is 25.3 Å². The summed E-state index contributed by atoms with van der Waals surface area (Å²) in [5.74, 6) is -0.408. The highest BCUT2D eigenvalue weighted by atomic mass is 35.5. The van der Waals surface area contributed by atoms with Crippen molar-refractivity contribution >= 4 is 53.3 Å². The highest BCUT2D eigenvalue weighted by Gasteiger charge is 2.47. The Labute approximate surface area is 266 Å². The predicted octanol–water partition coefficient (Wildman–Crippen LogP) is 6.65. The standard InChI is InChI=1S/C32H32Cl2FN3O4.ClH/c33-27-11-8-24(20-28(27)34)32(22-37(29(39)21-42-32)26-4-2-1-3-5-26)14-17-36-15-12-31(13-16-36,38-18-19-41-30(38)40)23-6-9-25(35)10-7-23;/h1-11,20H,12-19,21-22H2;1H. The van der Waals surface area contributed by atoms with Crippen molar-refractivity contribution in [2.45, 2.75) is 30.4 Å². The van der Waals surface area contributed by atoms with E-state index in [2.05, 4.69) is 4.90 Å². The summed E-state index contributed by atoms with van der Waals surface area (Å²) < 4.78 is 25.5. The second kappa shape index (κ2) is 13.0. The second-order valence-electron chi connectivity index (χ2n) is 11.1. The van der Waals surface area contributed by atoms with Gasteiger partial charge in [-0.25, -0.2) is 9.18 Å². The Morgan fingerprint density at radius 3 is 2.21 bits per heavy atom. The molecule has 0 spiro atoms. The van der Waals surface area contributed by atoms with Crippen molar-refractivity contribution in [3.63, 3.8) is 0 Å². The van der Waals surface area contributed by atoms with Crippen LogP contribution in [-0.4, -0.2) is 67.7 Å². The van der Waals surface area contributed by atoms with Crippen LogP contribution in [0.1, 0.15) is 30.4 Å². The fraction of sp³-hybridized carbons (Fsp3) is 0.375. The molecule has 3 aromatic carbocycles. The monoisotopic (exact) mass is 647 g/mol. The van der Waals surface area contributed by atoms with Crippen molar-refractivity contribution in [2.75, 3.05) is 50.8 Å². The third-order valence-electron chi connectivity index (χ3n) is 8.87. The number of piperidine rings is 1. The number of cyclic esters (lactones) is 1. The van der Waals surface area contributed by atoms with Crippen LogP contribution in [0.5, 0.6) is 0 Å². The Hall–Kier alpha value is -2.88. The van der Waals surface area contributed by atoms with Crippen LogP contribution in [0.2, 0.25) is 10.0 Å². The van der Waals surface area contributed by atoms with Crippen molar-refractivity contribution in [1.82, 2.24) is 9.80 Å². The Morgan fingerprint density at radius 2 is 1.56 bits per heavy atom. The first-order valence-corrected chi connectivity index (χ1v) is 14.9. The average Bonchev–Trinajstić information content (AvgIpc) is 3.45. The number of carbonyl (C=O) groups is 2. The highest BCUT2D eigenvalue weighted by molar-refractivity contribution is 6.42. The number of ether oxygens (including phenoxy) is 2. The fourth-order valence-corrected chi connectivity index (χ4v) is 6.80. The maximum Gasteiger partial charge on any atom is 0.410 e. The molecular weight excluding hydrogens is 616 g/mol. The molecule has 3 aromatic rings. The minimum Gasteiger partial charge on any atom is -0.448 e. The number of halogens is 4. The first-order valence-electron chi connectivity index (χ1n) is 14.2. The predicted molar refractivity (Wildman–Crippen MR) is 167 cm³/mol. The minimum absolute atomic E-state index is 0. The van der Waals surface area contributed by atoms with Crippen molar-refractivity contribution in [2.24, 2.45) is 0 Å². The lowest BCUT2D eigenvalue weighted by Crippen LogP contribution is -2.56. The van der Waals surface area contributed by atoms with Crippen LogP contribution in [0.3, 0.4) is 0 Å². The smallest absolute Gasteiger partial charge is 0.410 e. The molecule has 0 aliphatic carbocycles. The van der Waals surface area contributed by atoms with E-state index in [0.29, 0.717) is 55.5 Å². The maximum atomic E-state index is 13.8. The van der Waals surface area contributed by atoms with Crippen LogP contribution in [-0.2, 0) is 25.4 Å². The van der Waals surface area contributed by atoms with E-state index in [1.165, 1.54) is 12.1 Å². The Bertz CT molecular complexity index is 1450. The molecule has 3 fully saturated rings. The molecule has 0 radical (unpaired) electrons. The van der Waals surface area contributed by atoms with Crippen LogP contribution in [0.25, 0.3) is 0 Å². The van der Waals surface area contributed by atoms with Gasteiger partial charge in [-0.15, -0.1) is 12.4 Å².